The zero-order chi connectivity index (χ0) is 19.1. The Morgan fingerprint density at radius 3 is 2.12 bits per heavy atom. The van der Waals surface area contributed by atoms with Gasteiger partial charge in [-0.3, -0.25) is 14.4 Å². The molecule has 0 radical (unpaired) electrons. The smallest absolute Gasteiger partial charge is 0.226 e. The van der Waals surface area contributed by atoms with Gasteiger partial charge in [0, 0.05) is 43.9 Å². The first-order chi connectivity index (χ1) is 12.3. The van der Waals surface area contributed by atoms with Crippen LogP contribution < -0.4 is 15.5 Å². The Kier molecular flexibility index (Phi) is 6.43. The maximum atomic E-state index is 13.3. The van der Waals surface area contributed by atoms with Gasteiger partial charge >= 0.3 is 0 Å². The van der Waals surface area contributed by atoms with E-state index in [-0.39, 0.29) is 30.7 Å². The summed E-state index contributed by atoms with van der Waals surface area (Å²) in [5.74, 6) is -1.18. The van der Waals surface area contributed by atoms with E-state index in [1.165, 1.54) is 36.9 Å². The molecule has 2 rings (SSSR count). The summed E-state index contributed by atoms with van der Waals surface area (Å²) in [5.41, 5.74) is 1.61. The molecule has 0 aliphatic rings. The number of carbonyl (C=O) groups is 3. The maximum Gasteiger partial charge on any atom is 0.226 e. The van der Waals surface area contributed by atoms with Gasteiger partial charge in [-0.15, -0.1) is 0 Å². The molecule has 0 aromatic heterocycles. The van der Waals surface area contributed by atoms with E-state index in [1.807, 2.05) is 0 Å². The minimum absolute atomic E-state index is 0.0591. The normalized spacial score (nSPS) is 10.1. The summed E-state index contributed by atoms with van der Waals surface area (Å²) in [4.78, 5) is 36.2. The van der Waals surface area contributed by atoms with Crippen molar-refractivity contribution < 1.29 is 18.8 Å². The molecular formula is C19H20FN3O3. The minimum atomic E-state index is -0.447. The number of anilines is 3. The fourth-order valence-corrected chi connectivity index (χ4v) is 2.39. The predicted octanol–water partition coefficient (Wildman–Crippen LogP) is 3.17. The van der Waals surface area contributed by atoms with Crippen molar-refractivity contribution in [2.45, 2.75) is 20.3 Å². The van der Waals surface area contributed by atoms with Crippen molar-refractivity contribution in [3.05, 3.63) is 54.3 Å². The third kappa shape index (κ3) is 5.70. The number of carbonyl (C=O) groups excluding carboxylic acids is 3. The van der Waals surface area contributed by atoms with E-state index >= 15 is 0 Å². The van der Waals surface area contributed by atoms with Crippen molar-refractivity contribution in [3.8, 4) is 0 Å². The lowest BCUT2D eigenvalue weighted by Crippen LogP contribution is -2.32. The van der Waals surface area contributed by atoms with Gasteiger partial charge in [-0.25, -0.2) is 4.39 Å². The van der Waals surface area contributed by atoms with Gasteiger partial charge in [0.25, 0.3) is 0 Å². The Hall–Kier alpha value is -3.22. The largest absolute Gasteiger partial charge is 0.326 e. The van der Waals surface area contributed by atoms with Crippen LogP contribution in [-0.4, -0.2) is 24.3 Å². The first-order valence-electron chi connectivity index (χ1n) is 8.06. The molecule has 0 fully saturated rings. The maximum absolute atomic E-state index is 13.3. The van der Waals surface area contributed by atoms with Crippen LogP contribution in [0.15, 0.2) is 48.5 Å². The van der Waals surface area contributed by atoms with Gasteiger partial charge in [0.15, 0.2) is 0 Å². The first kappa shape index (κ1) is 19.1. The van der Waals surface area contributed by atoms with Crippen molar-refractivity contribution >= 4 is 34.8 Å². The summed E-state index contributed by atoms with van der Waals surface area (Å²) in [5, 5.41) is 5.35. The van der Waals surface area contributed by atoms with Crippen molar-refractivity contribution in [2.24, 2.45) is 0 Å². The molecule has 0 atom stereocenters. The second-order valence-corrected chi connectivity index (χ2v) is 5.71. The van der Waals surface area contributed by atoms with E-state index in [2.05, 4.69) is 10.6 Å². The third-order valence-corrected chi connectivity index (χ3v) is 3.55. The standard InChI is InChI=1S/C19H20FN3O3/c1-13(24)21-16-6-8-17(9-7-16)22-19(26)10-11-23(14(2)25)18-5-3-4-15(20)12-18/h3-9,12H,10-11H2,1-2H3,(H,21,24)(H,22,26). The Morgan fingerprint density at radius 2 is 1.58 bits per heavy atom. The van der Waals surface area contributed by atoms with E-state index in [4.69, 9.17) is 0 Å². The number of nitrogens with one attached hydrogen (secondary N) is 2. The van der Waals surface area contributed by atoms with E-state index in [0.717, 1.165) is 0 Å². The second-order valence-electron chi connectivity index (χ2n) is 5.71. The molecule has 26 heavy (non-hydrogen) atoms. The molecule has 0 saturated heterocycles. The highest BCUT2D eigenvalue weighted by molar-refractivity contribution is 5.95. The van der Waals surface area contributed by atoms with Crippen LogP contribution >= 0.6 is 0 Å². The molecule has 3 amide bonds. The van der Waals surface area contributed by atoms with E-state index < -0.39 is 5.82 Å². The van der Waals surface area contributed by atoms with E-state index in [0.29, 0.717) is 17.1 Å². The Labute approximate surface area is 151 Å². The van der Waals surface area contributed by atoms with Gasteiger partial charge < -0.3 is 15.5 Å². The first-order valence-corrected chi connectivity index (χ1v) is 8.06. The lowest BCUT2D eigenvalue weighted by Gasteiger charge is -2.21. The molecule has 7 heteroatoms. The lowest BCUT2D eigenvalue weighted by molar-refractivity contribution is -0.117. The monoisotopic (exact) mass is 357 g/mol. The fourth-order valence-electron chi connectivity index (χ4n) is 2.39. The third-order valence-electron chi connectivity index (χ3n) is 3.55. The van der Waals surface area contributed by atoms with Crippen molar-refractivity contribution in [2.75, 3.05) is 22.1 Å². The van der Waals surface area contributed by atoms with E-state index in [9.17, 15) is 18.8 Å². The summed E-state index contributed by atoms with van der Waals surface area (Å²) >= 11 is 0. The predicted molar refractivity (Wildman–Crippen MR) is 98.4 cm³/mol. The second kappa shape index (κ2) is 8.75. The van der Waals surface area contributed by atoms with Gasteiger partial charge in [0.2, 0.25) is 17.7 Å². The summed E-state index contributed by atoms with van der Waals surface area (Å²) < 4.78 is 13.3. The van der Waals surface area contributed by atoms with Crippen LogP contribution in [0.3, 0.4) is 0 Å². The van der Waals surface area contributed by atoms with Gasteiger partial charge in [0.05, 0.1) is 0 Å². The summed E-state index contributed by atoms with van der Waals surface area (Å²) in [6.07, 6.45) is 0.0591. The molecule has 0 aliphatic heterocycles. The molecule has 0 aliphatic carbocycles. The highest BCUT2D eigenvalue weighted by Crippen LogP contribution is 2.17. The fraction of sp³-hybridized carbons (Fsp3) is 0.211. The van der Waals surface area contributed by atoms with Crippen LogP contribution in [0.1, 0.15) is 20.3 Å². The molecule has 2 N–H and O–H groups in total. The average Bonchev–Trinajstić information content (AvgIpc) is 2.56. The van der Waals surface area contributed by atoms with Crippen molar-refractivity contribution in [1.29, 1.82) is 0 Å². The molecule has 0 bridgehead atoms. The van der Waals surface area contributed by atoms with Crippen LogP contribution in [0.25, 0.3) is 0 Å². The summed E-state index contributed by atoms with van der Waals surface area (Å²) in [6.45, 7) is 2.91. The van der Waals surface area contributed by atoms with Crippen molar-refractivity contribution in [3.63, 3.8) is 0 Å². The zero-order valence-electron chi connectivity index (χ0n) is 14.6. The number of benzene rings is 2. The van der Waals surface area contributed by atoms with Gasteiger partial charge in [-0.2, -0.15) is 0 Å². The molecule has 136 valence electrons. The number of rotatable bonds is 6. The number of nitrogens with zero attached hydrogens (tertiary/aromatic N) is 1. The highest BCUT2D eigenvalue weighted by atomic mass is 19.1. The summed E-state index contributed by atoms with van der Waals surface area (Å²) in [6, 6.07) is 12.3. The zero-order valence-corrected chi connectivity index (χ0v) is 14.6. The van der Waals surface area contributed by atoms with Crippen LogP contribution in [0.2, 0.25) is 0 Å². The number of halogens is 1. The van der Waals surface area contributed by atoms with Crippen LogP contribution in [0.5, 0.6) is 0 Å². The van der Waals surface area contributed by atoms with E-state index in [1.54, 1.807) is 30.3 Å². The molecular weight excluding hydrogens is 337 g/mol. The number of hydrogen-bond donors (Lipinski definition) is 2. The van der Waals surface area contributed by atoms with Crippen LogP contribution in [0.4, 0.5) is 21.5 Å². The highest BCUT2D eigenvalue weighted by Gasteiger charge is 2.14. The summed E-state index contributed by atoms with van der Waals surface area (Å²) in [7, 11) is 0. The molecule has 6 nitrogen and oxygen atoms in total. The Morgan fingerprint density at radius 1 is 0.962 bits per heavy atom. The molecule has 0 heterocycles. The number of amides is 3. The molecule has 2 aromatic rings. The average molecular weight is 357 g/mol. The Balaban J connectivity index is 1.94. The Bertz CT molecular complexity index is 806. The topological polar surface area (TPSA) is 78.5 Å². The van der Waals surface area contributed by atoms with Gasteiger partial charge in [0.1, 0.15) is 5.82 Å². The SMILES string of the molecule is CC(=O)Nc1ccc(NC(=O)CCN(C(C)=O)c2cccc(F)c2)cc1. The molecule has 0 saturated carbocycles. The molecule has 0 unspecified atom stereocenters. The van der Waals surface area contributed by atoms with Crippen LogP contribution in [0, 0.1) is 5.82 Å². The number of hydrogen-bond acceptors (Lipinski definition) is 3. The molecule has 2 aromatic carbocycles. The molecule has 0 spiro atoms. The lowest BCUT2D eigenvalue weighted by atomic mass is 10.2. The van der Waals surface area contributed by atoms with Gasteiger partial charge in [-0.1, -0.05) is 6.07 Å². The van der Waals surface area contributed by atoms with Crippen molar-refractivity contribution in [1.82, 2.24) is 0 Å². The minimum Gasteiger partial charge on any atom is -0.326 e. The van der Waals surface area contributed by atoms with Crippen LogP contribution in [-0.2, 0) is 14.4 Å². The van der Waals surface area contributed by atoms with Gasteiger partial charge in [-0.05, 0) is 42.5 Å². The quantitative estimate of drug-likeness (QED) is 0.833.